The Kier molecular flexibility index (Phi) is 9.18. The number of amides is 1. The molecular formula is C31H45N5O2. The van der Waals surface area contributed by atoms with Crippen LogP contribution in [-0.4, -0.2) is 91.1 Å². The van der Waals surface area contributed by atoms with Crippen LogP contribution in [0.2, 0.25) is 0 Å². The molecule has 0 aliphatic carbocycles. The SMILES string of the molecule is COc1ccccc1N1CCN([C@@H]2CCN(Cc3cccnc3)C[C@@H]2CCC(=O)N2CCC(C)CC2)CC1. The molecule has 0 radical (unpaired) electrons. The second-order valence-corrected chi connectivity index (χ2v) is 11.5. The second-order valence-electron chi connectivity index (χ2n) is 11.5. The highest BCUT2D eigenvalue weighted by molar-refractivity contribution is 5.76. The second kappa shape index (κ2) is 12.9. The van der Waals surface area contributed by atoms with E-state index in [-0.39, 0.29) is 0 Å². The Bertz CT molecular complexity index is 1020. The fraction of sp³-hybridized carbons (Fsp3) is 0.613. The van der Waals surface area contributed by atoms with Crippen molar-refractivity contribution < 1.29 is 9.53 Å². The van der Waals surface area contributed by atoms with Gasteiger partial charge in [0.2, 0.25) is 5.91 Å². The molecule has 3 saturated heterocycles. The van der Waals surface area contributed by atoms with Crippen LogP contribution in [0.4, 0.5) is 5.69 Å². The van der Waals surface area contributed by atoms with Gasteiger partial charge >= 0.3 is 0 Å². The summed E-state index contributed by atoms with van der Waals surface area (Å²) in [5, 5.41) is 0. The molecule has 3 aliphatic rings. The number of likely N-dealkylation sites (tertiary alicyclic amines) is 2. The van der Waals surface area contributed by atoms with Gasteiger partial charge in [-0.25, -0.2) is 0 Å². The third kappa shape index (κ3) is 6.67. The van der Waals surface area contributed by atoms with Crippen molar-refractivity contribution >= 4 is 11.6 Å². The third-order valence-electron chi connectivity index (χ3n) is 8.98. The molecule has 3 aliphatic heterocycles. The van der Waals surface area contributed by atoms with Crippen molar-refractivity contribution in [2.45, 2.75) is 51.6 Å². The Morgan fingerprint density at radius 3 is 2.50 bits per heavy atom. The van der Waals surface area contributed by atoms with Crippen LogP contribution in [0.15, 0.2) is 48.8 Å². The molecule has 2 atom stereocenters. The fourth-order valence-corrected chi connectivity index (χ4v) is 6.66. The number of benzene rings is 1. The number of pyridine rings is 1. The minimum atomic E-state index is 0.362. The summed E-state index contributed by atoms with van der Waals surface area (Å²) in [4.78, 5) is 27.3. The summed E-state index contributed by atoms with van der Waals surface area (Å²) >= 11 is 0. The molecule has 0 spiro atoms. The zero-order valence-electron chi connectivity index (χ0n) is 23.3. The number of anilines is 1. The summed E-state index contributed by atoms with van der Waals surface area (Å²) in [6.45, 7) is 11.4. The van der Waals surface area contributed by atoms with Crippen LogP contribution in [0.5, 0.6) is 5.75 Å². The summed E-state index contributed by atoms with van der Waals surface area (Å²) in [6.07, 6.45) is 8.94. The molecule has 7 heteroatoms. The maximum Gasteiger partial charge on any atom is 0.222 e. The molecule has 1 amide bonds. The first kappa shape index (κ1) is 26.9. The molecule has 206 valence electrons. The van der Waals surface area contributed by atoms with Gasteiger partial charge < -0.3 is 14.5 Å². The lowest BCUT2D eigenvalue weighted by Crippen LogP contribution is -2.56. The lowest BCUT2D eigenvalue weighted by atomic mass is 9.86. The highest BCUT2D eigenvalue weighted by Crippen LogP contribution is 2.32. The predicted molar refractivity (Wildman–Crippen MR) is 152 cm³/mol. The molecule has 38 heavy (non-hydrogen) atoms. The zero-order chi connectivity index (χ0) is 26.3. The van der Waals surface area contributed by atoms with Gasteiger partial charge in [-0.3, -0.25) is 19.6 Å². The van der Waals surface area contributed by atoms with Gasteiger partial charge in [0.05, 0.1) is 12.8 Å². The average molecular weight is 520 g/mol. The molecule has 0 unspecified atom stereocenters. The number of hydrogen-bond acceptors (Lipinski definition) is 6. The normalized spacial score (nSPS) is 23.9. The Morgan fingerprint density at radius 2 is 1.76 bits per heavy atom. The number of piperidine rings is 2. The van der Waals surface area contributed by atoms with E-state index in [2.05, 4.69) is 55.8 Å². The summed E-state index contributed by atoms with van der Waals surface area (Å²) in [7, 11) is 1.75. The van der Waals surface area contributed by atoms with Crippen molar-refractivity contribution in [3.8, 4) is 5.75 Å². The van der Waals surface area contributed by atoms with E-state index in [0.29, 0.717) is 24.3 Å². The Balaban J connectivity index is 1.22. The fourth-order valence-electron chi connectivity index (χ4n) is 6.66. The minimum absolute atomic E-state index is 0.362. The number of nitrogens with zero attached hydrogens (tertiary/aromatic N) is 5. The number of carbonyl (C=O) groups excluding carboxylic acids is 1. The average Bonchev–Trinajstić information content (AvgIpc) is 2.97. The molecule has 0 bridgehead atoms. The van der Waals surface area contributed by atoms with E-state index >= 15 is 0 Å². The number of carbonyl (C=O) groups is 1. The molecule has 4 heterocycles. The van der Waals surface area contributed by atoms with Crippen LogP contribution in [0.1, 0.15) is 44.6 Å². The van der Waals surface area contributed by atoms with E-state index in [0.717, 1.165) is 96.3 Å². The number of ether oxygens (including phenoxy) is 1. The topological polar surface area (TPSA) is 52.2 Å². The zero-order valence-corrected chi connectivity index (χ0v) is 23.3. The first-order valence-electron chi connectivity index (χ1n) is 14.6. The van der Waals surface area contributed by atoms with Gasteiger partial charge in [0.15, 0.2) is 0 Å². The highest BCUT2D eigenvalue weighted by Gasteiger charge is 2.35. The van der Waals surface area contributed by atoms with E-state index in [1.54, 1.807) is 7.11 Å². The quantitative estimate of drug-likeness (QED) is 0.523. The van der Waals surface area contributed by atoms with E-state index in [9.17, 15) is 4.79 Å². The third-order valence-corrected chi connectivity index (χ3v) is 8.98. The van der Waals surface area contributed by atoms with E-state index in [4.69, 9.17) is 4.74 Å². The summed E-state index contributed by atoms with van der Waals surface area (Å²) in [5.41, 5.74) is 2.47. The van der Waals surface area contributed by atoms with E-state index in [1.807, 2.05) is 24.5 Å². The molecule has 7 nitrogen and oxygen atoms in total. The van der Waals surface area contributed by atoms with Crippen molar-refractivity contribution in [3.63, 3.8) is 0 Å². The number of hydrogen-bond donors (Lipinski definition) is 0. The molecule has 5 rings (SSSR count). The number of aromatic nitrogens is 1. The molecule has 3 fully saturated rings. The number of methoxy groups -OCH3 is 1. The van der Waals surface area contributed by atoms with Crippen LogP contribution >= 0.6 is 0 Å². The van der Waals surface area contributed by atoms with Gasteiger partial charge in [-0.05, 0) is 67.8 Å². The van der Waals surface area contributed by atoms with Crippen molar-refractivity contribution in [2.24, 2.45) is 11.8 Å². The van der Waals surface area contributed by atoms with Crippen LogP contribution in [0, 0.1) is 11.8 Å². The first-order valence-corrected chi connectivity index (χ1v) is 14.6. The van der Waals surface area contributed by atoms with Gasteiger partial charge in [-0.15, -0.1) is 0 Å². The molecular weight excluding hydrogens is 474 g/mol. The highest BCUT2D eigenvalue weighted by atomic mass is 16.5. The van der Waals surface area contributed by atoms with Crippen molar-refractivity contribution in [1.82, 2.24) is 19.7 Å². The van der Waals surface area contributed by atoms with Crippen molar-refractivity contribution in [3.05, 3.63) is 54.4 Å². The maximum atomic E-state index is 13.1. The lowest BCUT2D eigenvalue weighted by Gasteiger charge is -2.47. The first-order chi connectivity index (χ1) is 18.6. The Morgan fingerprint density at radius 1 is 0.974 bits per heavy atom. The molecule has 0 saturated carbocycles. The van der Waals surface area contributed by atoms with Crippen LogP contribution in [0.25, 0.3) is 0 Å². The monoisotopic (exact) mass is 519 g/mol. The van der Waals surface area contributed by atoms with Crippen LogP contribution < -0.4 is 9.64 Å². The lowest BCUT2D eigenvalue weighted by molar-refractivity contribution is -0.133. The number of rotatable bonds is 8. The summed E-state index contributed by atoms with van der Waals surface area (Å²) in [5.74, 6) is 2.57. The summed E-state index contributed by atoms with van der Waals surface area (Å²) < 4.78 is 5.63. The van der Waals surface area contributed by atoms with E-state index < -0.39 is 0 Å². The van der Waals surface area contributed by atoms with Crippen molar-refractivity contribution in [1.29, 1.82) is 0 Å². The largest absolute Gasteiger partial charge is 0.495 e. The van der Waals surface area contributed by atoms with Crippen LogP contribution in [-0.2, 0) is 11.3 Å². The van der Waals surface area contributed by atoms with Gasteiger partial charge in [0.1, 0.15) is 5.75 Å². The minimum Gasteiger partial charge on any atom is -0.495 e. The molecule has 1 aromatic carbocycles. The molecule has 1 aromatic heterocycles. The van der Waals surface area contributed by atoms with Gasteiger partial charge in [0, 0.05) is 77.2 Å². The Hall–Kier alpha value is -2.64. The van der Waals surface area contributed by atoms with Gasteiger partial charge in [-0.2, -0.15) is 0 Å². The van der Waals surface area contributed by atoms with E-state index in [1.165, 1.54) is 11.3 Å². The van der Waals surface area contributed by atoms with Crippen LogP contribution in [0.3, 0.4) is 0 Å². The van der Waals surface area contributed by atoms with Crippen molar-refractivity contribution in [2.75, 3.05) is 64.4 Å². The predicted octanol–water partition coefficient (Wildman–Crippen LogP) is 4.14. The Labute approximate surface area is 228 Å². The van der Waals surface area contributed by atoms with Gasteiger partial charge in [0.25, 0.3) is 0 Å². The number of para-hydroxylation sites is 2. The molecule has 0 N–H and O–H groups in total. The summed E-state index contributed by atoms with van der Waals surface area (Å²) in [6, 6.07) is 13.1. The smallest absolute Gasteiger partial charge is 0.222 e. The molecule has 2 aromatic rings. The maximum absolute atomic E-state index is 13.1. The number of piperazine rings is 1. The standard InChI is InChI=1S/C31H45N5O2/c1-25-11-16-36(17-12-25)31(37)10-9-27-24-33(23-26-6-5-14-32-22-26)15-13-28(27)34-18-20-35(21-19-34)29-7-3-4-8-30(29)38-2/h3-8,14,22,25,27-28H,9-13,15-21,23-24H2,1-2H3/t27-,28+/m0/s1. The van der Waals surface area contributed by atoms with Gasteiger partial charge in [-0.1, -0.05) is 25.1 Å².